The Balaban J connectivity index is 1.99. The van der Waals surface area contributed by atoms with Gasteiger partial charge in [0.1, 0.15) is 11.6 Å². The Kier molecular flexibility index (Phi) is 4.90. The molecule has 0 radical (unpaired) electrons. The third-order valence-electron chi connectivity index (χ3n) is 2.86. The summed E-state index contributed by atoms with van der Waals surface area (Å²) in [7, 11) is 0. The van der Waals surface area contributed by atoms with Crippen molar-refractivity contribution >= 4 is 11.6 Å². The summed E-state index contributed by atoms with van der Waals surface area (Å²) >= 11 is 0. The maximum atomic E-state index is 13.0. The molecule has 2 aromatic rings. The lowest BCUT2D eigenvalue weighted by Crippen LogP contribution is -2.30. The molecule has 0 aliphatic carbocycles. The molecule has 0 heterocycles. The number of nitrogens with one attached hydrogen (secondary N) is 1. The molecule has 1 atom stereocenters. The third kappa shape index (κ3) is 4.29. The van der Waals surface area contributed by atoms with Crippen molar-refractivity contribution in [3.63, 3.8) is 0 Å². The van der Waals surface area contributed by atoms with Crippen LogP contribution in [0.1, 0.15) is 12.5 Å². The molecule has 0 saturated carbocycles. The predicted octanol–water partition coefficient (Wildman–Crippen LogP) is 2.72. The minimum Gasteiger partial charge on any atom is -0.481 e. The smallest absolute Gasteiger partial charge is 0.265 e. The first-order valence-corrected chi connectivity index (χ1v) is 6.51. The van der Waals surface area contributed by atoms with Gasteiger partial charge in [-0.1, -0.05) is 18.2 Å². The Labute approximate surface area is 122 Å². The van der Waals surface area contributed by atoms with Crippen molar-refractivity contribution in [2.24, 2.45) is 0 Å². The van der Waals surface area contributed by atoms with E-state index < -0.39 is 11.9 Å². The molecule has 0 saturated heterocycles. The molecule has 2 rings (SSSR count). The number of hydrogen-bond acceptors (Lipinski definition) is 3. The van der Waals surface area contributed by atoms with Gasteiger partial charge >= 0.3 is 0 Å². The molecule has 5 heteroatoms. The quantitative estimate of drug-likeness (QED) is 0.889. The molecule has 1 amide bonds. The first-order valence-electron chi connectivity index (χ1n) is 6.51. The van der Waals surface area contributed by atoms with Gasteiger partial charge in [0.25, 0.3) is 5.91 Å². The number of rotatable bonds is 5. The van der Waals surface area contributed by atoms with Gasteiger partial charge in [-0.3, -0.25) is 4.79 Å². The van der Waals surface area contributed by atoms with E-state index in [2.05, 4.69) is 5.32 Å². The normalized spacial score (nSPS) is 11.8. The minimum absolute atomic E-state index is 0.0962. The second kappa shape index (κ2) is 6.85. The summed E-state index contributed by atoms with van der Waals surface area (Å²) in [6.07, 6.45) is -0.748. The highest BCUT2D eigenvalue weighted by Gasteiger charge is 2.15. The molecule has 2 N–H and O–H groups in total. The number of anilines is 1. The second-order valence-corrected chi connectivity index (χ2v) is 4.57. The van der Waals surface area contributed by atoms with Gasteiger partial charge in [0.2, 0.25) is 0 Å². The van der Waals surface area contributed by atoms with Gasteiger partial charge in [-0.15, -0.1) is 0 Å². The van der Waals surface area contributed by atoms with E-state index in [1.807, 2.05) is 0 Å². The lowest BCUT2D eigenvalue weighted by molar-refractivity contribution is -0.122. The van der Waals surface area contributed by atoms with Crippen LogP contribution in [0.25, 0.3) is 0 Å². The van der Waals surface area contributed by atoms with Crippen LogP contribution in [-0.2, 0) is 11.4 Å². The minimum atomic E-state index is -0.748. The summed E-state index contributed by atoms with van der Waals surface area (Å²) in [5.74, 6) is -0.310. The molecule has 4 nitrogen and oxygen atoms in total. The predicted molar refractivity (Wildman–Crippen MR) is 77.5 cm³/mol. The largest absolute Gasteiger partial charge is 0.481 e. The first-order chi connectivity index (χ1) is 10.1. The highest BCUT2D eigenvalue weighted by atomic mass is 19.1. The van der Waals surface area contributed by atoms with Gasteiger partial charge in [0, 0.05) is 5.69 Å². The van der Waals surface area contributed by atoms with Crippen LogP contribution in [0.2, 0.25) is 0 Å². The Morgan fingerprint density at radius 2 is 2.05 bits per heavy atom. The van der Waals surface area contributed by atoms with E-state index in [0.29, 0.717) is 17.0 Å². The van der Waals surface area contributed by atoms with Crippen LogP contribution in [0.4, 0.5) is 10.1 Å². The number of hydrogen-bond donors (Lipinski definition) is 2. The van der Waals surface area contributed by atoms with E-state index in [1.54, 1.807) is 37.3 Å². The standard InChI is InChI=1S/C16H16FNO3/c1-11(21-15-7-2-4-12(8-15)10-19)16(20)18-14-6-3-5-13(17)9-14/h2-9,11,19H,10H2,1H3,(H,18,20). The fourth-order valence-electron chi connectivity index (χ4n) is 1.78. The number of ether oxygens (including phenoxy) is 1. The van der Waals surface area contributed by atoms with Crippen molar-refractivity contribution < 1.29 is 19.0 Å². The molecule has 0 aliphatic rings. The van der Waals surface area contributed by atoms with Crippen LogP contribution in [-0.4, -0.2) is 17.1 Å². The van der Waals surface area contributed by atoms with Crippen LogP contribution in [0.15, 0.2) is 48.5 Å². The van der Waals surface area contributed by atoms with E-state index >= 15 is 0 Å². The summed E-state index contributed by atoms with van der Waals surface area (Å²) in [5, 5.41) is 11.6. The molecule has 21 heavy (non-hydrogen) atoms. The van der Waals surface area contributed by atoms with Gasteiger partial charge in [0.05, 0.1) is 6.61 Å². The van der Waals surface area contributed by atoms with Crippen LogP contribution < -0.4 is 10.1 Å². The molecule has 110 valence electrons. The fourth-order valence-corrected chi connectivity index (χ4v) is 1.78. The molecule has 0 spiro atoms. The lowest BCUT2D eigenvalue weighted by atomic mass is 10.2. The summed E-state index contributed by atoms with van der Waals surface area (Å²) in [6, 6.07) is 12.5. The molecule has 0 bridgehead atoms. The van der Waals surface area contributed by atoms with Crippen molar-refractivity contribution in [2.75, 3.05) is 5.32 Å². The summed E-state index contributed by atoms with van der Waals surface area (Å²) < 4.78 is 18.5. The molecule has 0 fully saturated rings. The van der Waals surface area contributed by atoms with Crippen LogP contribution in [0, 0.1) is 5.82 Å². The number of halogens is 1. The average molecular weight is 289 g/mol. The maximum Gasteiger partial charge on any atom is 0.265 e. The van der Waals surface area contributed by atoms with Gasteiger partial charge < -0.3 is 15.2 Å². The molecule has 1 unspecified atom stereocenters. The molecule has 0 aromatic heterocycles. The van der Waals surface area contributed by atoms with Crippen molar-refractivity contribution in [2.45, 2.75) is 19.6 Å². The zero-order chi connectivity index (χ0) is 15.2. The lowest BCUT2D eigenvalue weighted by Gasteiger charge is -2.15. The van der Waals surface area contributed by atoms with Crippen LogP contribution >= 0.6 is 0 Å². The van der Waals surface area contributed by atoms with E-state index in [0.717, 1.165) is 0 Å². The van der Waals surface area contributed by atoms with Gasteiger partial charge in [-0.2, -0.15) is 0 Å². The van der Waals surface area contributed by atoms with Gasteiger partial charge in [-0.25, -0.2) is 4.39 Å². The number of aliphatic hydroxyl groups excluding tert-OH is 1. The maximum absolute atomic E-state index is 13.0. The fraction of sp³-hybridized carbons (Fsp3) is 0.188. The summed E-state index contributed by atoms with van der Waals surface area (Å²) in [5.41, 5.74) is 1.07. The molecular formula is C16H16FNO3. The Hall–Kier alpha value is -2.40. The van der Waals surface area contributed by atoms with Crippen molar-refractivity contribution in [3.05, 3.63) is 59.9 Å². The third-order valence-corrected chi connectivity index (χ3v) is 2.86. The van der Waals surface area contributed by atoms with Gasteiger partial charge in [-0.05, 0) is 42.8 Å². The zero-order valence-electron chi connectivity index (χ0n) is 11.5. The number of aliphatic hydroxyl groups is 1. The monoisotopic (exact) mass is 289 g/mol. The van der Waals surface area contributed by atoms with Crippen LogP contribution in [0.3, 0.4) is 0 Å². The van der Waals surface area contributed by atoms with Crippen LogP contribution in [0.5, 0.6) is 5.75 Å². The summed E-state index contributed by atoms with van der Waals surface area (Å²) in [4.78, 5) is 12.0. The highest BCUT2D eigenvalue weighted by molar-refractivity contribution is 5.94. The SMILES string of the molecule is CC(Oc1cccc(CO)c1)C(=O)Nc1cccc(F)c1. The van der Waals surface area contributed by atoms with E-state index in [1.165, 1.54) is 18.2 Å². The molecular weight excluding hydrogens is 273 g/mol. The van der Waals surface area contributed by atoms with E-state index in [-0.39, 0.29) is 12.5 Å². The highest BCUT2D eigenvalue weighted by Crippen LogP contribution is 2.16. The summed E-state index contributed by atoms with van der Waals surface area (Å²) in [6.45, 7) is 1.50. The Bertz CT molecular complexity index is 630. The molecule has 2 aromatic carbocycles. The van der Waals surface area contributed by atoms with Gasteiger partial charge in [0.15, 0.2) is 6.10 Å². The van der Waals surface area contributed by atoms with Crippen molar-refractivity contribution in [1.29, 1.82) is 0 Å². The average Bonchev–Trinajstić information content (AvgIpc) is 2.47. The van der Waals surface area contributed by atoms with E-state index in [4.69, 9.17) is 9.84 Å². The first kappa shape index (κ1) is 15.0. The number of benzene rings is 2. The zero-order valence-corrected chi connectivity index (χ0v) is 11.5. The van der Waals surface area contributed by atoms with Crippen molar-refractivity contribution in [3.8, 4) is 5.75 Å². The number of carbonyl (C=O) groups excluding carboxylic acids is 1. The van der Waals surface area contributed by atoms with E-state index in [9.17, 15) is 9.18 Å². The molecule has 0 aliphatic heterocycles. The Morgan fingerprint density at radius 3 is 2.76 bits per heavy atom. The second-order valence-electron chi connectivity index (χ2n) is 4.57. The number of amides is 1. The Morgan fingerprint density at radius 1 is 1.29 bits per heavy atom. The van der Waals surface area contributed by atoms with Crippen molar-refractivity contribution in [1.82, 2.24) is 0 Å². The number of carbonyl (C=O) groups is 1. The topological polar surface area (TPSA) is 58.6 Å².